The molecule has 2 N–H and O–H groups in total. The molecule has 0 aliphatic heterocycles. The molecule has 4 heteroatoms. The van der Waals surface area contributed by atoms with Gasteiger partial charge >= 0.3 is 0 Å². The third kappa shape index (κ3) is 1.39. The van der Waals surface area contributed by atoms with Crippen LogP contribution in [-0.4, -0.2) is 22.9 Å². The highest BCUT2D eigenvalue weighted by Gasteiger charge is 2.14. The number of rotatable bonds is 1. The fraction of sp³-hybridized carbons (Fsp3) is 0.143. The molecule has 0 spiro atoms. The van der Waals surface area contributed by atoms with E-state index in [1.165, 1.54) is 0 Å². The number of amides is 1. The van der Waals surface area contributed by atoms with E-state index in [2.05, 4.69) is 21.4 Å². The van der Waals surface area contributed by atoms with Crippen LogP contribution >= 0.6 is 0 Å². The van der Waals surface area contributed by atoms with Crippen LogP contribution in [0.1, 0.15) is 16.1 Å². The van der Waals surface area contributed by atoms with Crippen LogP contribution in [-0.2, 0) is 0 Å². The number of H-pyrrole nitrogens is 1. The lowest BCUT2D eigenvalue weighted by Gasteiger charge is -2.04. The predicted octanol–water partition coefficient (Wildman–Crippen LogP) is 2.38. The Bertz CT molecular complexity index is 758. The molecule has 2 heterocycles. The molecule has 0 saturated heterocycles. The number of nitrogens with one attached hydrogen (secondary N) is 2. The van der Waals surface area contributed by atoms with Gasteiger partial charge in [-0.1, -0.05) is 18.2 Å². The Morgan fingerprint density at radius 1 is 1.28 bits per heavy atom. The van der Waals surface area contributed by atoms with Gasteiger partial charge in [0.05, 0.1) is 11.7 Å². The maximum absolute atomic E-state index is 11.8. The van der Waals surface area contributed by atoms with Crippen LogP contribution in [0.5, 0.6) is 0 Å². The number of aromatic amines is 1. The summed E-state index contributed by atoms with van der Waals surface area (Å²) in [5.41, 5.74) is 3.41. The number of hydrogen-bond donors (Lipinski definition) is 2. The van der Waals surface area contributed by atoms with E-state index in [4.69, 9.17) is 0 Å². The molecule has 0 unspecified atom stereocenters. The normalized spacial score (nSPS) is 11.0. The lowest BCUT2D eigenvalue weighted by molar-refractivity contribution is 0.0957. The maximum Gasteiger partial charge on any atom is 0.269 e. The van der Waals surface area contributed by atoms with Crippen molar-refractivity contribution in [3.8, 4) is 0 Å². The zero-order valence-electron chi connectivity index (χ0n) is 10.2. The van der Waals surface area contributed by atoms with Gasteiger partial charge in [-0.2, -0.15) is 0 Å². The predicted molar refractivity (Wildman–Crippen MR) is 71.7 cm³/mol. The molecule has 1 aromatic carbocycles. The number of hydrogen-bond acceptors (Lipinski definition) is 2. The summed E-state index contributed by atoms with van der Waals surface area (Å²) in [5.74, 6) is -0.153. The summed E-state index contributed by atoms with van der Waals surface area (Å²) in [6, 6.07) is 8.05. The Morgan fingerprint density at radius 2 is 2.06 bits per heavy atom. The largest absolute Gasteiger partial charge is 0.354 e. The van der Waals surface area contributed by atoms with Crippen molar-refractivity contribution in [2.75, 3.05) is 7.05 Å². The standard InChI is InChI=1S/C14H13N3O/c1-8-12-9-5-3-4-6-10(9)17-11(12)7-16-13(8)14(18)15-2/h3-7,17H,1-2H3,(H,15,18). The highest BCUT2D eigenvalue weighted by atomic mass is 16.1. The molecule has 18 heavy (non-hydrogen) atoms. The topological polar surface area (TPSA) is 57.8 Å². The SMILES string of the molecule is CNC(=O)c1ncc2[nH]c3ccccc3c2c1C. The molecule has 1 amide bonds. The van der Waals surface area contributed by atoms with Crippen LogP contribution in [0.4, 0.5) is 0 Å². The molecule has 0 aliphatic rings. The minimum absolute atomic E-state index is 0.153. The van der Waals surface area contributed by atoms with E-state index in [1.807, 2.05) is 25.1 Å². The Kier molecular flexibility index (Phi) is 2.30. The molecule has 0 atom stereocenters. The minimum atomic E-state index is -0.153. The Labute approximate surface area is 104 Å². The van der Waals surface area contributed by atoms with E-state index in [0.717, 1.165) is 27.4 Å². The maximum atomic E-state index is 11.8. The highest BCUT2D eigenvalue weighted by molar-refractivity contribution is 6.11. The number of fused-ring (bicyclic) bond motifs is 3. The lowest BCUT2D eigenvalue weighted by atomic mass is 10.1. The van der Waals surface area contributed by atoms with E-state index in [-0.39, 0.29) is 5.91 Å². The van der Waals surface area contributed by atoms with Crippen molar-refractivity contribution < 1.29 is 4.79 Å². The van der Waals surface area contributed by atoms with Crippen molar-refractivity contribution in [2.45, 2.75) is 6.92 Å². The van der Waals surface area contributed by atoms with Crippen molar-refractivity contribution in [3.63, 3.8) is 0 Å². The molecule has 0 saturated carbocycles. The second-order valence-electron chi connectivity index (χ2n) is 4.27. The van der Waals surface area contributed by atoms with E-state index in [0.29, 0.717) is 5.69 Å². The minimum Gasteiger partial charge on any atom is -0.354 e. The molecule has 2 aromatic heterocycles. The van der Waals surface area contributed by atoms with Crippen LogP contribution in [0, 0.1) is 6.92 Å². The second kappa shape index (κ2) is 3.84. The average molecular weight is 239 g/mol. The molecule has 0 aliphatic carbocycles. The van der Waals surface area contributed by atoms with Gasteiger partial charge in [0.15, 0.2) is 0 Å². The summed E-state index contributed by atoms with van der Waals surface area (Å²) in [5, 5.41) is 4.81. The third-order valence-corrected chi connectivity index (χ3v) is 3.23. The van der Waals surface area contributed by atoms with Crippen LogP contribution in [0.25, 0.3) is 21.8 Å². The van der Waals surface area contributed by atoms with Crippen LogP contribution in [0.3, 0.4) is 0 Å². The van der Waals surface area contributed by atoms with E-state index in [1.54, 1.807) is 13.2 Å². The first-order valence-electron chi connectivity index (χ1n) is 5.80. The number of aromatic nitrogens is 2. The molecule has 0 radical (unpaired) electrons. The summed E-state index contributed by atoms with van der Waals surface area (Å²) in [7, 11) is 1.61. The van der Waals surface area contributed by atoms with Gasteiger partial charge in [-0.15, -0.1) is 0 Å². The van der Waals surface area contributed by atoms with Crippen molar-refractivity contribution in [3.05, 3.63) is 41.7 Å². The first-order valence-corrected chi connectivity index (χ1v) is 5.80. The van der Waals surface area contributed by atoms with Gasteiger partial charge in [-0.05, 0) is 18.6 Å². The number of pyridine rings is 1. The van der Waals surface area contributed by atoms with Gasteiger partial charge in [-0.25, -0.2) is 4.98 Å². The first-order chi connectivity index (χ1) is 8.72. The number of nitrogens with zero attached hydrogens (tertiary/aromatic N) is 1. The van der Waals surface area contributed by atoms with Crippen molar-refractivity contribution in [1.82, 2.24) is 15.3 Å². The van der Waals surface area contributed by atoms with Gasteiger partial charge in [0.1, 0.15) is 5.69 Å². The molecular weight excluding hydrogens is 226 g/mol. The summed E-state index contributed by atoms with van der Waals surface area (Å²) in [6.07, 6.45) is 1.72. The molecule has 3 aromatic rings. The van der Waals surface area contributed by atoms with E-state index in [9.17, 15) is 4.79 Å². The summed E-state index contributed by atoms with van der Waals surface area (Å²) in [4.78, 5) is 19.3. The number of carbonyl (C=O) groups is 1. The Morgan fingerprint density at radius 3 is 2.83 bits per heavy atom. The zero-order chi connectivity index (χ0) is 12.7. The number of benzene rings is 1. The lowest BCUT2D eigenvalue weighted by Crippen LogP contribution is -2.20. The van der Waals surface area contributed by atoms with Gasteiger partial charge in [0.2, 0.25) is 0 Å². The number of aryl methyl sites for hydroxylation is 1. The molecule has 0 bridgehead atoms. The summed E-state index contributed by atoms with van der Waals surface area (Å²) < 4.78 is 0. The number of para-hydroxylation sites is 1. The molecule has 90 valence electrons. The summed E-state index contributed by atoms with van der Waals surface area (Å²) in [6.45, 7) is 1.93. The van der Waals surface area contributed by atoms with Gasteiger partial charge in [0, 0.05) is 23.3 Å². The summed E-state index contributed by atoms with van der Waals surface area (Å²) >= 11 is 0. The van der Waals surface area contributed by atoms with Crippen molar-refractivity contribution in [2.24, 2.45) is 0 Å². The van der Waals surface area contributed by atoms with Gasteiger partial charge in [0.25, 0.3) is 5.91 Å². The van der Waals surface area contributed by atoms with E-state index >= 15 is 0 Å². The first kappa shape index (κ1) is 10.8. The van der Waals surface area contributed by atoms with Gasteiger partial charge in [-0.3, -0.25) is 4.79 Å². The van der Waals surface area contributed by atoms with Gasteiger partial charge < -0.3 is 10.3 Å². The van der Waals surface area contributed by atoms with Crippen molar-refractivity contribution in [1.29, 1.82) is 0 Å². The Hall–Kier alpha value is -2.36. The fourth-order valence-electron chi connectivity index (χ4n) is 2.36. The molecular formula is C14H13N3O. The van der Waals surface area contributed by atoms with Crippen LogP contribution < -0.4 is 5.32 Å². The zero-order valence-corrected chi connectivity index (χ0v) is 10.2. The average Bonchev–Trinajstić information content (AvgIpc) is 2.77. The van der Waals surface area contributed by atoms with Crippen LogP contribution in [0.15, 0.2) is 30.5 Å². The molecule has 0 fully saturated rings. The molecule has 4 nitrogen and oxygen atoms in total. The van der Waals surface area contributed by atoms with E-state index < -0.39 is 0 Å². The fourth-order valence-corrected chi connectivity index (χ4v) is 2.36. The smallest absolute Gasteiger partial charge is 0.269 e. The van der Waals surface area contributed by atoms with Crippen molar-refractivity contribution >= 4 is 27.7 Å². The quantitative estimate of drug-likeness (QED) is 0.685. The second-order valence-corrected chi connectivity index (χ2v) is 4.27. The highest BCUT2D eigenvalue weighted by Crippen LogP contribution is 2.28. The monoisotopic (exact) mass is 239 g/mol. The molecule has 3 rings (SSSR count). The third-order valence-electron chi connectivity index (χ3n) is 3.23. The van der Waals surface area contributed by atoms with Crippen LogP contribution in [0.2, 0.25) is 0 Å². The number of carbonyl (C=O) groups excluding carboxylic acids is 1. The Balaban J connectivity index is 2.43.